The number of alkyl halides is 3. The molecule has 5 heteroatoms. The number of aryl methyl sites for hydroxylation is 1. The maximum Gasteiger partial charge on any atom is 0.573 e. The van der Waals surface area contributed by atoms with Crippen molar-refractivity contribution in [2.75, 3.05) is 0 Å². The van der Waals surface area contributed by atoms with Crippen LogP contribution in [0.3, 0.4) is 0 Å². The number of phenolic OH excluding ortho intramolecular Hbond substituents is 1. The second-order valence-electron chi connectivity index (χ2n) is 4.08. The first-order valence-corrected chi connectivity index (χ1v) is 5.51. The van der Waals surface area contributed by atoms with Crippen LogP contribution < -0.4 is 4.74 Å². The fraction of sp³-hybridized carbons (Fsp3) is 0.143. The average Bonchev–Trinajstić information content (AvgIpc) is 2.31. The molecular weight excluding hydrogens is 257 g/mol. The molecule has 0 saturated carbocycles. The van der Waals surface area contributed by atoms with Gasteiger partial charge in [0, 0.05) is 0 Å². The van der Waals surface area contributed by atoms with Crippen LogP contribution in [0.1, 0.15) is 5.56 Å². The third-order valence-electron chi connectivity index (χ3n) is 2.61. The predicted octanol–water partition coefficient (Wildman–Crippen LogP) is 4.27. The first-order valence-electron chi connectivity index (χ1n) is 5.51. The van der Waals surface area contributed by atoms with E-state index in [9.17, 15) is 18.3 Å². The Balaban J connectivity index is 2.35. The molecule has 0 atom stereocenters. The molecule has 2 nitrogen and oxygen atoms in total. The number of ether oxygens (including phenoxy) is 1. The molecule has 0 aromatic heterocycles. The Morgan fingerprint density at radius 3 is 2.32 bits per heavy atom. The van der Waals surface area contributed by atoms with E-state index in [-0.39, 0.29) is 11.5 Å². The number of benzene rings is 2. The fourth-order valence-corrected chi connectivity index (χ4v) is 1.66. The predicted molar refractivity (Wildman–Crippen MR) is 65.0 cm³/mol. The fourth-order valence-electron chi connectivity index (χ4n) is 1.66. The highest BCUT2D eigenvalue weighted by Crippen LogP contribution is 2.30. The van der Waals surface area contributed by atoms with E-state index in [1.54, 1.807) is 25.1 Å². The topological polar surface area (TPSA) is 29.5 Å². The van der Waals surface area contributed by atoms with Gasteiger partial charge in [0.15, 0.2) is 0 Å². The monoisotopic (exact) mass is 268 g/mol. The highest BCUT2D eigenvalue weighted by atomic mass is 19.4. The highest BCUT2D eigenvalue weighted by molar-refractivity contribution is 5.67. The SMILES string of the molecule is Cc1ccc(-c2cccc(OC(F)(F)F)c2)cc1O. The van der Waals surface area contributed by atoms with Gasteiger partial charge in [0.25, 0.3) is 0 Å². The maximum atomic E-state index is 12.1. The van der Waals surface area contributed by atoms with Gasteiger partial charge in [-0.25, -0.2) is 0 Å². The second kappa shape index (κ2) is 4.84. The van der Waals surface area contributed by atoms with E-state index in [0.29, 0.717) is 16.7 Å². The summed E-state index contributed by atoms with van der Waals surface area (Å²) in [6, 6.07) is 10.5. The number of rotatable bonds is 2. The third kappa shape index (κ3) is 3.40. The van der Waals surface area contributed by atoms with Crippen LogP contribution in [0.25, 0.3) is 11.1 Å². The molecule has 2 rings (SSSR count). The van der Waals surface area contributed by atoms with Gasteiger partial charge in [0.05, 0.1) is 0 Å². The Bertz CT molecular complexity index is 591. The van der Waals surface area contributed by atoms with Crippen molar-refractivity contribution in [3.8, 4) is 22.6 Å². The lowest BCUT2D eigenvalue weighted by Gasteiger charge is -2.10. The smallest absolute Gasteiger partial charge is 0.508 e. The Morgan fingerprint density at radius 2 is 1.68 bits per heavy atom. The van der Waals surface area contributed by atoms with E-state index in [4.69, 9.17) is 0 Å². The minimum absolute atomic E-state index is 0.0969. The molecule has 100 valence electrons. The molecule has 0 unspecified atom stereocenters. The number of halogens is 3. The molecule has 2 aromatic rings. The number of hydrogen-bond acceptors (Lipinski definition) is 2. The van der Waals surface area contributed by atoms with E-state index >= 15 is 0 Å². The van der Waals surface area contributed by atoms with Gasteiger partial charge in [-0.15, -0.1) is 13.2 Å². The van der Waals surface area contributed by atoms with Crippen molar-refractivity contribution in [2.24, 2.45) is 0 Å². The van der Waals surface area contributed by atoms with Crippen LogP contribution in [-0.4, -0.2) is 11.5 Å². The molecule has 0 heterocycles. The molecule has 2 aromatic carbocycles. The molecule has 0 fully saturated rings. The van der Waals surface area contributed by atoms with Crippen LogP contribution in [0.2, 0.25) is 0 Å². The molecule has 19 heavy (non-hydrogen) atoms. The molecule has 1 N–H and O–H groups in total. The zero-order valence-electron chi connectivity index (χ0n) is 10.0. The van der Waals surface area contributed by atoms with Crippen LogP contribution in [0.15, 0.2) is 42.5 Å². The summed E-state index contributed by atoms with van der Waals surface area (Å²) < 4.78 is 40.2. The summed E-state index contributed by atoms with van der Waals surface area (Å²) in [7, 11) is 0. The molecule has 0 aliphatic heterocycles. The summed E-state index contributed by atoms with van der Waals surface area (Å²) in [4.78, 5) is 0. The van der Waals surface area contributed by atoms with E-state index in [1.807, 2.05) is 0 Å². The van der Waals surface area contributed by atoms with E-state index in [2.05, 4.69) is 4.74 Å². The number of aromatic hydroxyl groups is 1. The zero-order valence-corrected chi connectivity index (χ0v) is 10.0. The van der Waals surface area contributed by atoms with Crippen molar-refractivity contribution in [2.45, 2.75) is 13.3 Å². The quantitative estimate of drug-likeness (QED) is 0.881. The molecule has 0 radical (unpaired) electrons. The average molecular weight is 268 g/mol. The standard InChI is InChI=1S/C14H11F3O2/c1-9-5-6-11(8-13(9)18)10-3-2-4-12(7-10)19-14(15,16)17/h2-8,18H,1H3. The molecule has 0 amide bonds. The minimum atomic E-state index is -4.71. The second-order valence-corrected chi connectivity index (χ2v) is 4.08. The first kappa shape index (κ1) is 13.3. The molecule has 0 spiro atoms. The van der Waals surface area contributed by atoms with Crippen LogP contribution >= 0.6 is 0 Å². The van der Waals surface area contributed by atoms with Crippen molar-refractivity contribution >= 4 is 0 Å². The summed E-state index contributed by atoms with van der Waals surface area (Å²) in [5, 5.41) is 9.61. The molecule has 0 aliphatic carbocycles. The normalized spacial score (nSPS) is 11.4. The van der Waals surface area contributed by atoms with Crippen molar-refractivity contribution in [1.82, 2.24) is 0 Å². The van der Waals surface area contributed by atoms with Crippen LogP contribution in [0.4, 0.5) is 13.2 Å². The van der Waals surface area contributed by atoms with Crippen molar-refractivity contribution in [3.63, 3.8) is 0 Å². The summed E-state index contributed by atoms with van der Waals surface area (Å²) in [6.07, 6.45) is -4.71. The Hall–Kier alpha value is -2.17. The van der Waals surface area contributed by atoms with E-state index in [0.717, 1.165) is 0 Å². The van der Waals surface area contributed by atoms with Gasteiger partial charge in [-0.05, 0) is 41.8 Å². The Kier molecular flexibility index (Phi) is 3.38. The van der Waals surface area contributed by atoms with Gasteiger partial charge in [-0.1, -0.05) is 24.3 Å². The van der Waals surface area contributed by atoms with Gasteiger partial charge in [0.2, 0.25) is 0 Å². The van der Waals surface area contributed by atoms with E-state index in [1.165, 1.54) is 24.3 Å². The molecular formula is C14H11F3O2. The van der Waals surface area contributed by atoms with Crippen LogP contribution in [0.5, 0.6) is 11.5 Å². The molecule has 0 bridgehead atoms. The van der Waals surface area contributed by atoms with Gasteiger partial charge < -0.3 is 9.84 Å². The lowest BCUT2D eigenvalue weighted by atomic mass is 10.0. The third-order valence-corrected chi connectivity index (χ3v) is 2.61. The van der Waals surface area contributed by atoms with Gasteiger partial charge >= 0.3 is 6.36 Å². The molecule has 0 aliphatic rings. The summed E-state index contributed by atoms with van der Waals surface area (Å²) in [5.41, 5.74) is 1.86. The Morgan fingerprint density at radius 1 is 1.00 bits per heavy atom. The van der Waals surface area contributed by atoms with Gasteiger partial charge in [-0.3, -0.25) is 0 Å². The number of phenols is 1. The Labute approximate surface area is 108 Å². The summed E-state index contributed by atoms with van der Waals surface area (Å²) in [6.45, 7) is 1.74. The first-order chi connectivity index (χ1) is 8.85. The van der Waals surface area contributed by atoms with Crippen LogP contribution in [-0.2, 0) is 0 Å². The zero-order chi connectivity index (χ0) is 14.0. The van der Waals surface area contributed by atoms with Crippen molar-refractivity contribution in [3.05, 3.63) is 48.0 Å². The lowest BCUT2D eigenvalue weighted by Crippen LogP contribution is -2.17. The van der Waals surface area contributed by atoms with Crippen LogP contribution in [0, 0.1) is 6.92 Å². The van der Waals surface area contributed by atoms with E-state index < -0.39 is 6.36 Å². The van der Waals surface area contributed by atoms with Gasteiger partial charge in [0.1, 0.15) is 11.5 Å². The minimum Gasteiger partial charge on any atom is -0.508 e. The van der Waals surface area contributed by atoms with Crippen molar-refractivity contribution in [1.29, 1.82) is 0 Å². The maximum absolute atomic E-state index is 12.1. The molecule has 0 saturated heterocycles. The summed E-state index contributed by atoms with van der Waals surface area (Å²) in [5.74, 6) is -0.190. The number of hydrogen-bond donors (Lipinski definition) is 1. The largest absolute Gasteiger partial charge is 0.573 e. The lowest BCUT2D eigenvalue weighted by molar-refractivity contribution is -0.274. The van der Waals surface area contributed by atoms with Gasteiger partial charge in [-0.2, -0.15) is 0 Å². The highest BCUT2D eigenvalue weighted by Gasteiger charge is 2.31. The van der Waals surface area contributed by atoms with Crippen molar-refractivity contribution < 1.29 is 23.0 Å². The summed E-state index contributed by atoms with van der Waals surface area (Å²) >= 11 is 0.